The van der Waals surface area contributed by atoms with Gasteiger partial charge in [0.25, 0.3) is 5.91 Å². The number of piperidine rings is 1. The van der Waals surface area contributed by atoms with Crippen LogP contribution in [-0.4, -0.2) is 33.9 Å². The minimum atomic E-state index is -0.155. The normalized spacial score (nSPS) is 14.5. The van der Waals surface area contributed by atoms with E-state index in [0.29, 0.717) is 17.9 Å². The number of carbonyl (C=O) groups excluding carboxylic acids is 1. The van der Waals surface area contributed by atoms with E-state index in [1.54, 1.807) is 12.4 Å². The second-order valence-corrected chi connectivity index (χ2v) is 7.45. The first-order valence-electron chi connectivity index (χ1n) is 10.2. The zero-order chi connectivity index (χ0) is 19.9. The van der Waals surface area contributed by atoms with Gasteiger partial charge in [-0.3, -0.25) is 9.69 Å². The highest BCUT2D eigenvalue weighted by Gasteiger charge is 2.13. The van der Waals surface area contributed by atoms with Gasteiger partial charge in [0, 0.05) is 31.0 Å². The van der Waals surface area contributed by atoms with E-state index in [9.17, 15) is 4.79 Å². The molecule has 2 aromatic carbocycles. The zero-order valence-corrected chi connectivity index (χ0v) is 16.6. The molecule has 1 amide bonds. The lowest BCUT2D eigenvalue weighted by atomic mass is 10.0. The van der Waals surface area contributed by atoms with Crippen molar-refractivity contribution in [3.8, 4) is 11.4 Å². The molecule has 1 N–H and O–H groups in total. The summed E-state index contributed by atoms with van der Waals surface area (Å²) in [5.74, 6) is 0.464. The summed E-state index contributed by atoms with van der Waals surface area (Å²) >= 11 is 0. The molecule has 1 aliphatic rings. The molecule has 2 heterocycles. The van der Waals surface area contributed by atoms with Crippen LogP contribution in [0.3, 0.4) is 0 Å². The lowest BCUT2D eigenvalue weighted by molar-refractivity contribution is 0.0950. The van der Waals surface area contributed by atoms with Crippen molar-refractivity contribution >= 4 is 5.91 Å². The topological polar surface area (TPSA) is 58.1 Å². The van der Waals surface area contributed by atoms with E-state index in [2.05, 4.69) is 38.4 Å². The van der Waals surface area contributed by atoms with E-state index < -0.39 is 0 Å². The molecule has 3 aromatic rings. The number of hydrogen-bond donors (Lipinski definition) is 1. The summed E-state index contributed by atoms with van der Waals surface area (Å²) in [4.78, 5) is 23.7. The predicted molar refractivity (Wildman–Crippen MR) is 114 cm³/mol. The number of rotatable bonds is 6. The molecule has 0 unspecified atom stereocenters. The molecule has 0 spiro atoms. The fraction of sp³-hybridized carbons (Fsp3) is 0.292. The summed E-state index contributed by atoms with van der Waals surface area (Å²) in [5, 5.41) is 3.01. The van der Waals surface area contributed by atoms with E-state index in [-0.39, 0.29) is 5.91 Å². The summed E-state index contributed by atoms with van der Waals surface area (Å²) in [6.45, 7) is 3.77. The molecule has 5 nitrogen and oxygen atoms in total. The van der Waals surface area contributed by atoms with E-state index in [1.165, 1.54) is 24.8 Å². The van der Waals surface area contributed by atoms with Gasteiger partial charge >= 0.3 is 0 Å². The highest BCUT2D eigenvalue weighted by molar-refractivity contribution is 5.93. The van der Waals surface area contributed by atoms with Gasteiger partial charge in [-0.1, -0.05) is 61.0 Å². The van der Waals surface area contributed by atoms with Crippen molar-refractivity contribution in [3.05, 3.63) is 83.7 Å². The minimum Gasteiger partial charge on any atom is -0.348 e. The van der Waals surface area contributed by atoms with Crippen LogP contribution in [0.1, 0.15) is 40.7 Å². The molecule has 0 atom stereocenters. The number of aromatic nitrogens is 2. The van der Waals surface area contributed by atoms with Gasteiger partial charge in [0.2, 0.25) is 0 Å². The summed E-state index contributed by atoms with van der Waals surface area (Å²) in [7, 11) is 0. The Kier molecular flexibility index (Phi) is 6.27. The second-order valence-electron chi connectivity index (χ2n) is 7.45. The van der Waals surface area contributed by atoms with Crippen LogP contribution in [0.2, 0.25) is 0 Å². The van der Waals surface area contributed by atoms with Crippen LogP contribution in [0.25, 0.3) is 11.4 Å². The zero-order valence-electron chi connectivity index (χ0n) is 16.6. The molecule has 5 heteroatoms. The molecule has 0 saturated carbocycles. The van der Waals surface area contributed by atoms with Gasteiger partial charge in [0.05, 0.1) is 5.56 Å². The maximum Gasteiger partial charge on any atom is 0.254 e. The third kappa shape index (κ3) is 5.06. The van der Waals surface area contributed by atoms with Crippen LogP contribution < -0.4 is 5.32 Å². The lowest BCUT2D eigenvalue weighted by Gasteiger charge is -2.27. The van der Waals surface area contributed by atoms with Gasteiger partial charge in [0.1, 0.15) is 0 Å². The van der Waals surface area contributed by atoms with Gasteiger partial charge in [-0.2, -0.15) is 0 Å². The molecule has 0 aliphatic carbocycles. The number of hydrogen-bond acceptors (Lipinski definition) is 4. The van der Waals surface area contributed by atoms with Crippen molar-refractivity contribution in [2.45, 2.75) is 32.4 Å². The van der Waals surface area contributed by atoms with Crippen LogP contribution in [0.15, 0.2) is 67.0 Å². The third-order valence-corrected chi connectivity index (χ3v) is 5.35. The number of amides is 1. The van der Waals surface area contributed by atoms with Crippen molar-refractivity contribution in [2.24, 2.45) is 0 Å². The minimum absolute atomic E-state index is 0.155. The van der Waals surface area contributed by atoms with Crippen LogP contribution in [-0.2, 0) is 13.1 Å². The molecule has 1 aliphatic heterocycles. The molecule has 0 radical (unpaired) electrons. The molecular weight excluding hydrogens is 360 g/mol. The van der Waals surface area contributed by atoms with Gasteiger partial charge in [0.15, 0.2) is 5.82 Å². The number of nitrogens with one attached hydrogen (secondary N) is 1. The average molecular weight is 386 g/mol. The summed E-state index contributed by atoms with van der Waals surface area (Å²) in [6, 6.07) is 18.1. The first-order valence-corrected chi connectivity index (χ1v) is 10.2. The Hall–Kier alpha value is -3.05. The van der Waals surface area contributed by atoms with Crippen molar-refractivity contribution in [1.29, 1.82) is 0 Å². The van der Waals surface area contributed by atoms with E-state index in [4.69, 9.17) is 0 Å². The smallest absolute Gasteiger partial charge is 0.254 e. The Morgan fingerprint density at radius 1 is 0.862 bits per heavy atom. The van der Waals surface area contributed by atoms with Crippen LogP contribution in [0, 0.1) is 0 Å². The highest BCUT2D eigenvalue weighted by Crippen LogP contribution is 2.17. The van der Waals surface area contributed by atoms with Crippen molar-refractivity contribution in [2.75, 3.05) is 13.1 Å². The van der Waals surface area contributed by atoms with Gasteiger partial charge in [-0.05, 0) is 37.1 Å². The van der Waals surface area contributed by atoms with Crippen LogP contribution >= 0.6 is 0 Å². The molecule has 1 aromatic heterocycles. The fourth-order valence-electron chi connectivity index (χ4n) is 3.70. The second kappa shape index (κ2) is 9.43. The monoisotopic (exact) mass is 386 g/mol. The van der Waals surface area contributed by atoms with Crippen molar-refractivity contribution < 1.29 is 4.79 Å². The molecule has 0 bridgehead atoms. The maximum atomic E-state index is 12.6. The third-order valence-electron chi connectivity index (χ3n) is 5.35. The van der Waals surface area contributed by atoms with Gasteiger partial charge < -0.3 is 5.32 Å². The Morgan fingerprint density at radius 3 is 2.24 bits per heavy atom. The number of nitrogens with zero attached hydrogens (tertiary/aromatic N) is 3. The Bertz CT molecular complexity index is 935. The molecule has 1 fully saturated rings. The Balaban J connectivity index is 1.38. The number of likely N-dealkylation sites (tertiary alicyclic amines) is 1. The molecule has 1 saturated heterocycles. The first kappa shape index (κ1) is 19.3. The standard InChI is InChI=1S/C24H26N4O/c29-24(22-16-25-23(26-17-22)19-9-3-1-4-10-19)27-15-20-11-5-6-12-21(20)18-28-13-7-2-8-14-28/h1,3-6,9-12,16-17H,2,7-8,13-15,18H2,(H,27,29). The molecular formula is C24H26N4O. The van der Waals surface area contributed by atoms with E-state index >= 15 is 0 Å². The average Bonchev–Trinajstić information content (AvgIpc) is 2.80. The molecule has 29 heavy (non-hydrogen) atoms. The molecule has 148 valence electrons. The quantitative estimate of drug-likeness (QED) is 0.694. The van der Waals surface area contributed by atoms with E-state index in [0.717, 1.165) is 30.8 Å². The Morgan fingerprint density at radius 2 is 1.52 bits per heavy atom. The van der Waals surface area contributed by atoms with Crippen molar-refractivity contribution in [1.82, 2.24) is 20.2 Å². The summed E-state index contributed by atoms with van der Waals surface area (Å²) < 4.78 is 0. The van der Waals surface area contributed by atoms with Gasteiger partial charge in [-0.15, -0.1) is 0 Å². The van der Waals surface area contributed by atoms with E-state index in [1.807, 2.05) is 36.4 Å². The first-order chi connectivity index (χ1) is 14.3. The largest absolute Gasteiger partial charge is 0.348 e. The highest BCUT2D eigenvalue weighted by atomic mass is 16.1. The predicted octanol–water partition coefficient (Wildman–Crippen LogP) is 4.06. The summed E-state index contributed by atoms with van der Waals surface area (Å²) in [5.41, 5.74) is 3.85. The summed E-state index contributed by atoms with van der Waals surface area (Å²) in [6.07, 6.45) is 7.06. The van der Waals surface area contributed by atoms with Gasteiger partial charge in [-0.25, -0.2) is 9.97 Å². The number of carbonyl (C=O) groups is 1. The van der Waals surface area contributed by atoms with Crippen molar-refractivity contribution in [3.63, 3.8) is 0 Å². The molecule has 4 rings (SSSR count). The van der Waals surface area contributed by atoms with Crippen LogP contribution in [0.4, 0.5) is 0 Å². The maximum absolute atomic E-state index is 12.6. The lowest BCUT2D eigenvalue weighted by Crippen LogP contribution is -2.30. The Labute approximate surface area is 171 Å². The number of benzene rings is 2. The SMILES string of the molecule is O=C(NCc1ccccc1CN1CCCCC1)c1cnc(-c2ccccc2)nc1. The van der Waals surface area contributed by atoms with Crippen LogP contribution in [0.5, 0.6) is 0 Å². The fourth-order valence-corrected chi connectivity index (χ4v) is 3.70.